The SMILES string of the molecule is O=C(O)c1cc(-c2cn(-c3ccc(C(=O)O)c(C(F)(F)F)c3)nn2)nc(-c2cn(-c3ccc(C(=O)O)c(C(F)(F)F)c3)nn2)c1. The summed E-state index contributed by atoms with van der Waals surface area (Å²) in [5.41, 5.74) is -6.21. The van der Waals surface area contributed by atoms with Crippen LogP contribution in [0.2, 0.25) is 0 Å². The molecule has 2 aromatic carbocycles. The number of hydrogen-bond donors (Lipinski definition) is 3. The Balaban J connectivity index is 1.54. The van der Waals surface area contributed by atoms with Crippen molar-refractivity contribution in [1.82, 2.24) is 35.0 Å². The zero-order valence-corrected chi connectivity index (χ0v) is 21.7. The van der Waals surface area contributed by atoms with Crippen LogP contribution in [0.4, 0.5) is 26.3 Å². The zero-order valence-electron chi connectivity index (χ0n) is 21.7. The van der Waals surface area contributed by atoms with Gasteiger partial charge in [-0.15, -0.1) is 10.2 Å². The lowest BCUT2D eigenvalue weighted by molar-refractivity contribution is -0.138. The van der Waals surface area contributed by atoms with Gasteiger partial charge in [0.15, 0.2) is 0 Å². The first-order valence-electron chi connectivity index (χ1n) is 12.0. The van der Waals surface area contributed by atoms with Crippen LogP contribution in [0.1, 0.15) is 42.2 Å². The molecule has 45 heavy (non-hydrogen) atoms. The average Bonchev–Trinajstić information content (AvgIpc) is 3.66. The van der Waals surface area contributed by atoms with Gasteiger partial charge in [0.25, 0.3) is 0 Å². The number of carboxylic acids is 3. The summed E-state index contributed by atoms with van der Waals surface area (Å²) in [6, 6.07) is 6.79. The average molecular weight is 633 g/mol. The van der Waals surface area contributed by atoms with Crippen molar-refractivity contribution < 1.29 is 56.0 Å². The molecule has 0 atom stereocenters. The van der Waals surface area contributed by atoms with E-state index in [-0.39, 0.29) is 39.7 Å². The van der Waals surface area contributed by atoms with Gasteiger partial charge in [-0.05, 0) is 48.5 Å². The van der Waals surface area contributed by atoms with Gasteiger partial charge in [0, 0.05) is 0 Å². The van der Waals surface area contributed by atoms with Crippen LogP contribution in [0.25, 0.3) is 34.2 Å². The number of halogens is 6. The Hall–Kier alpha value is -6.14. The first-order chi connectivity index (χ1) is 21.0. The molecular formula is C26H13F6N7O6. The molecule has 0 spiro atoms. The van der Waals surface area contributed by atoms with E-state index in [9.17, 15) is 45.8 Å². The van der Waals surface area contributed by atoms with Gasteiger partial charge >= 0.3 is 30.3 Å². The molecule has 230 valence electrons. The number of nitrogens with zero attached hydrogens (tertiary/aromatic N) is 7. The minimum Gasteiger partial charge on any atom is -0.478 e. The summed E-state index contributed by atoms with van der Waals surface area (Å²) in [4.78, 5) is 38.6. The van der Waals surface area contributed by atoms with Crippen LogP contribution in [0.5, 0.6) is 0 Å². The molecule has 5 aromatic rings. The number of benzene rings is 2. The molecule has 19 heteroatoms. The second-order valence-corrected chi connectivity index (χ2v) is 9.09. The van der Waals surface area contributed by atoms with E-state index >= 15 is 0 Å². The minimum absolute atomic E-state index is 0.123. The lowest BCUT2D eigenvalue weighted by Gasteiger charge is -2.11. The molecule has 0 amide bonds. The monoisotopic (exact) mass is 633 g/mol. The van der Waals surface area contributed by atoms with E-state index in [1.807, 2.05) is 0 Å². The number of pyridine rings is 1. The minimum atomic E-state index is -5.01. The maximum atomic E-state index is 13.5. The highest BCUT2D eigenvalue weighted by atomic mass is 19.4. The van der Waals surface area contributed by atoms with Crippen molar-refractivity contribution in [3.8, 4) is 34.2 Å². The standard InChI is InChI=1S/C26H13F6N7O6/c27-25(28,29)16-7-12(1-3-14(16)23(42)43)38-9-20(34-36-38)18-5-11(22(40)41)6-19(33-18)21-10-39(37-35-21)13-2-4-15(24(44)45)17(8-13)26(30,31)32/h1-10H,(H,40,41)(H,42,43)(H,44,45). The Labute approximate surface area is 244 Å². The Morgan fingerprint density at radius 3 is 1.31 bits per heavy atom. The zero-order chi connectivity index (χ0) is 32.8. The summed E-state index contributed by atoms with van der Waals surface area (Å²) in [5, 5.41) is 42.9. The number of carbonyl (C=O) groups is 3. The molecule has 0 saturated carbocycles. The van der Waals surface area contributed by atoms with Gasteiger partial charge in [0.2, 0.25) is 0 Å². The molecule has 3 aromatic heterocycles. The largest absolute Gasteiger partial charge is 0.478 e. The van der Waals surface area contributed by atoms with Crippen molar-refractivity contribution in [3.05, 3.63) is 88.7 Å². The third kappa shape index (κ3) is 6.03. The van der Waals surface area contributed by atoms with Crippen molar-refractivity contribution in [3.63, 3.8) is 0 Å². The fourth-order valence-electron chi connectivity index (χ4n) is 4.12. The summed E-state index contributed by atoms with van der Waals surface area (Å²) in [7, 11) is 0. The summed E-state index contributed by atoms with van der Waals surface area (Å²) in [5.74, 6) is -5.03. The first-order valence-corrected chi connectivity index (χ1v) is 12.0. The Morgan fingerprint density at radius 1 is 0.578 bits per heavy atom. The molecule has 3 N–H and O–H groups in total. The van der Waals surface area contributed by atoms with E-state index in [0.717, 1.165) is 58.2 Å². The van der Waals surface area contributed by atoms with E-state index in [2.05, 4.69) is 25.6 Å². The Kier molecular flexibility index (Phi) is 7.31. The Morgan fingerprint density at radius 2 is 0.978 bits per heavy atom. The van der Waals surface area contributed by atoms with Crippen molar-refractivity contribution in [1.29, 1.82) is 0 Å². The number of aromatic nitrogens is 7. The van der Waals surface area contributed by atoms with Crippen molar-refractivity contribution in [2.24, 2.45) is 0 Å². The molecule has 0 bridgehead atoms. The maximum Gasteiger partial charge on any atom is 0.417 e. The molecule has 0 fully saturated rings. The van der Waals surface area contributed by atoms with Crippen LogP contribution in [0.3, 0.4) is 0 Å². The van der Waals surface area contributed by atoms with E-state index in [0.29, 0.717) is 12.1 Å². The first kappa shape index (κ1) is 30.3. The van der Waals surface area contributed by atoms with Crippen LogP contribution in [-0.4, -0.2) is 68.2 Å². The molecule has 0 unspecified atom stereocenters. The molecule has 0 aliphatic rings. The van der Waals surface area contributed by atoms with Crippen LogP contribution in [-0.2, 0) is 12.4 Å². The fraction of sp³-hybridized carbons (Fsp3) is 0.0769. The fourth-order valence-corrected chi connectivity index (χ4v) is 4.12. The van der Waals surface area contributed by atoms with Gasteiger partial charge in [-0.1, -0.05) is 10.4 Å². The molecule has 13 nitrogen and oxygen atoms in total. The molecule has 0 aliphatic carbocycles. The Bertz CT molecular complexity index is 1870. The normalized spacial score (nSPS) is 11.9. The predicted octanol–water partition coefficient (Wildman–Crippen LogP) is 4.71. The summed E-state index contributed by atoms with van der Waals surface area (Å²) < 4.78 is 82.6. The molecular weight excluding hydrogens is 620 g/mol. The summed E-state index contributed by atoms with van der Waals surface area (Å²) >= 11 is 0. The lowest BCUT2D eigenvalue weighted by atomic mass is 10.1. The van der Waals surface area contributed by atoms with Gasteiger partial charge in [-0.3, -0.25) is 0 Å². The third-order valence-corrected chi connectivity index (χ3v) is 6.19. The van der Waals surface area contributed by atoms with E-state index in [1.165, 1.54) is 0 Å². The third-order valence-electron chi connectivity index (χ3n) is 6.19. The summed E-state index contributed by atoms with van der Waals surface area (Å²) in [6.45, 7) is 0. The van der Waals surface area contributed by atoms with E-state index in [4.69, 9.17) is 10.2 Å². The van der Waals surface area contributed by atoms with Crippen molar-refractivity contribution in [2.45, 2.75) is 12.4 Å². The number of rotatable bonds is 7. The summed E-state index contributed by atoms with van der Waals surface area (Å²) in [6.07, 6.45) is -7.81. The second-order valence-electron chi connectivity index (χ2n) is 9.09. The maximum absolute atomic E-state index is 13.5. The predicted molar refractivity (Wildman–Crippen MR) is 136 cm³/mol. The number of alkyl halides is 6. The number of carboxylic acid groups (broad SMARTS) is 3. The van der Waals surface area contributed by atoms with Gasteiger partial charge < -0.3 is 15.3 Å². The molecule has 5 rings (SSSR count). The van der Waals surface area contributed by atoms with Gasteiger partial charge in [-0.2, -0.15) is 26.3 Å². The smallest absolute Gasteiger partial charge is 0.417 e. The van der Waals surface area contributed by atoms with Crippen LogP contribution >= 0.6 is 0 Å². The number of hydrogen-bond acceptors (Lipinski definition) is 8. The van der Waals surface area contributed by atoms with Gasteiger partial charge in [0.05, 0.1) is 63.0 Å². The molecule has 0 aliphatic heterocycles. The molecule has 3 heterocycles. The quantitative estimate of drug-likeness (QED) is 0.211. The van der Waals surface area contributed by atoms with Crippen LogP contribution in [0.15, 0.2) is 60.9 Å². The molecule has 0 saturated heterocycles. The van der Waals surface area contributed by atoms with Crippen molar-refractivity contribution in [2.75, 3.05) is 0 Å². The van der Waals surface area contributed by atoms with Crippen LogP contribution in [0, 0.1) is 0 Å². The van der Waals surface area contributed by atoms with Gasteiger partial charge in [0.1, 0.15) is 11.4 Å². The second kappa shape index (κ2) is 10.8. The van der Waals surface area contributed by atoms with E-state index < -0.39 is 52.5 Å². The van der Waals surface area contributed by atoms with E-state index in [1.54, 1.807) is 0 Å². The molecule has 0 radical (unpaired) electrons. The van der Waals surface area contributed by atoms with Crippen molar-refractivity contribution >= 4 is 17.9 Å². The highest BCUT2D eigenvalue weighted by Crippen LogP contribution is 2.35. The van der Waals surface area contributed by atoms with Gasteiger partial charge in [-0.25, -0.2) is 28.7 Å². The lowest BCUT2D eigenvalue weighted by Crippen LogP contribution is -2.14. The van der Waals surface area contributed by atoms with Crippen LogP contribution < -0.4 is 0 Å². The number of aromatic carboxylic acids is 3. The highest BCUT2D eigenvalue weighted by molar-refractivity contribution is 5.91. The topological polar surface area (TPSA) is 186 Å². The highest BCUT2D eigenvalue weighted by Gasteiger charge is 2.37.